The van der Waals surface area contributed by atoms with Gasteiger partial charge in [0, 0.05) is 31.8 Å². The maximum absolute atomic E-state index is 12.3. The monoisotopic (exact) mass is 300 g/mol. The summed E-state index contributed by atoms with van der Waals surface area (Å²) in [5, 5.41) is 3.47. The first-order valence-electron chi connectivity index (χ1n) is 7.79. The van der Waals surface area contributed by atoms with Gasteiger partial charge >= 0.3 is 6.09 Å². The largest absolute Gasteiger partial charge is 0.444 e. The number of methoxy groups -OCH3 is 1. The topological polar surface area (TPSA) is 50.8 Å². The first kappa shape index (κ1) is 18.2. The molecule has 5 nitrogen and oxygen atoms in total. The Morgan fingerprint density at radius 3 is 2.19 bits per heavy atom. The van der Waals surface area contributed by atoms with E-state index in [-0.39, 0.29) is 11.6 Å². The lowest BCUT2D eigenvalue weighted by atomic mass is 9.89. The molecule has 0 aromatic heterocycles. The fraction of sp³-hybridized carbons (Fsp3) is 0.938. The Hall–Kier alpha value is -0.810. The summed E-state index contributed by atoms with van der Waals surface area (Å²) in [4.78, 5) is 14.1. The molecule has 1 fully saturated rings. The summed E-state index contributed by atoms with van der Waals surface area (Å²) in [5.41, 5.74) is -0.716. The summed E-state index contributed by atoms with van der Waals surface area (Å²) < 4.78 is 10.8. The number of hydrogen-bond acceptors (Lipinski definition) is 4. The first-order chi connectivity index (χ1) is 9.53. The van der Waals surface area contributed by atoms with E-state index in [4.69, 9.17) is 9.47 Å². The highest BCUT2D eigenvalue weighted by atomic mass is 16.6. The Bertz CT molecular complexity index is 338. The van der Waals surface area contributed by atoms with Gasteiger partial charge in [-0.3, -0.25) is 0 Å². The minimum Gasteiger partial charge on any atom is -0.444 e. The van der Waals surface area contributed by atoms with Crippen molar-refractivity contribution in [3.05, 3.63) is 0 Å². The highest BCUT2D eigenvalue weighted by Gasteiger charge is 2.32. The van der Waals surface area contributed by atoms with E-state index < -0.39 is 5.60 Å². The van der Waals surface area contributed by atoms with E-state index in [0.29, 0.717) is 18.7 Å². The van der Waals surface area contributed by atoms with Crippen LogP contribution in [0.5, 0.6) is 0 Å². The molecule has 1 aliphatic carbocycles. The van der Waals surface area contributed by atoms with Crippen molar-refractivity contribution in [2.75, 3.05) is 20.2 Å². The molecule has 0 saturated heterocycles. The van der Waals surface area contributed by atoms with Gasteiger partial charge < -0.3 is 19.7 Å². The van der Waals surface area contributed by atoms with E-state index in [2.05, 4.69) is 5.32 Å². The maximum atomic E-state index is 12.3. The van der Waals surface area contributed by atoms with E-state index >= 15 is 0 Å². The fourth-order valence-electron chi connectivity index (χ4n) is 2.32. The molecule has 0 unspecified atom stereocenters. The van der Waals surface area contributed by atoms with Crippen LogP contribution in [0.25, 0.3) is 0 Å². The third kappa shape index (κ3) is 6.22. The summed E-state index contributed by atoms with van der Waals surface area (Å²) in [6, 6.07) is 0.510. The Morgan fingerprint density at radius 1 is 1.19 bits per heavy atom. The third-order valence-corrected chi connectivity index (χ3v) is 3.62. The molecule has 0 aromatic rings. The number of nitrogens with one attached hydrogen (secondary N) is 1. The van der Waals surface area contributed by atoms with E-state index in [0.717, 1.165) is 19.4 Å². The number of amides is 1. The van der Waals surface area contributed by atoms with E-state index in [9.17, 15) is 4.79 Å². The van der Waals surface area contributed by atoms with E-state index in [1.54, 1.807) is 12.0 Å². The predicted octanol–water partition coefficient (Wildman–Crippen LogP) is 2.79. The van der Waals surface area contributed by atoms with Gasteiger partial charge in [0.15, 0.2) is 0 Å². The summed E-state index contributed by atoms with van der Waals surface area (Å²) >= 11 is 0. The van der Waals surface area contributed by atoms with Crippen molar-refractivity contribution in [2.45, 2.75) is 77.7 Å². The van der Waals surface area contributed by atoms with Crippen LogP contribution in [0.1, 0.15) is 54.4 Å². The minimum atomic E-state index is -0.465. The average molecular weight is 300 g/mol. The number of rotatable bonds is 5. The van der Waals surface area contributed by atoms with Crippen molar-refractivity contribution in [3.63, 3.8) is 0 Å². The van der Waals surface area contributed by atoms with Gasteiger partial charge in [-0.25, -0.2) is 4.79 Å². The van der Waals surface area contributed by atoms with Crippen molar-refractivity contribution < 1.29 is 14.3 Å². The van der Waals surface area contributed by atoms with Crippen LogP contribution in [0.4, 0.5) is 4.79 Å². The predicted molar refractivity (Wildman–Crippen MR) is 84.5 cm³/mol. The van der Waals surface area contributed by atoms with Crippen LogP contribution in [0.2, 0.25) is 0 Å². The molecule has 1 N–H and O–H groups in total. The summed E-state index contributed by atoms with van der Waals surface area (Å²) in [6.45, 7) is 13.2. The van der Waals surface area contributed by atoms with Gasteiger partial charge in [-0.05, 0) is 54.4 Å². The zero-order valence-corrected chi connectivity index (χ0v) is 14.7. The van der Waals surface area contributed by atoms with Crippen molar-refractivity contribution in [1.29, 1.82) is 0 Å². The molecular weight excluding hydrogens is 268 g/mol. The molecule has 0 aromatic carbocycles. The lowest BCUT2D eigenvalue weighted by Crippen LogP contribution is -2.52. The van der Waals surface area contributed by atoms with Crippen LogP contribution in [0, 0.1) is 0 Å². The minimum absolute atomic E-state index is 0.250. The number of ether oxygens (including phenoxy) is 2. The van der Waals surface area contributed by atoms with E-state index in [1.165, 1.54) is 0 Å². The molecule has 1 saturated carbocycles. The molecule has 0 atom stereocenters. The zero-order chi connectivity index (χ0) is 16.3. The SMILES string of the molecule is COC1CC(NCCN(C(=O)OC(C)(C)C)C(C)(C)C)C1. The van der Waals surface area contributed by atoms with Crippen molar-refractivity contribution in [2.24, 2.45) is 0 Å². The fourth-order valence-corrected chi connectivity index (χ4v) is 2.32. The molecule has 1 aliphatic rings. The van der Waals surface area contributed by atoms with Gasteiger partial charge in [-0.15, -0.1) is 0 Å². The molecule has 0 spiro atoms. The summed E-state index contributed by atoms with van der Waals surface area (Å²) in [7, 11) is 1.75. The number of nitrogens with zero attached hydrogens (tertiary/aromatic N) is 1. The number of carbonyl (C=O) groups excluding carboxylic acids is 1. The van der Waals surface area contributed by atoms with Crippen LogP contribution < -0.4 is 5.32 Å². The second-order valence-electron chi connectivity index (χ2n) is 7.78. The Morgan fingerprint density at radius 2 is 1.76 bits per heavy atom. The van der Waals surface area contributed by atoms with Crippen molar-refractivity contribution >= 4 is 6.09 Å². The highest BCUT2D eigenvalue weighted by molar-refractivity contribution is 5.69. The Labute approximate surface area is 129 Å². The lowest BCUT2D eigenvalue weighted by Gasteiger charge is -2.39. The third-order valence-electron chi connectivity index (χ3n) is 3.62. The number of hydrogen-bond donors (Lipinski definition) is 1. The van der Waals surface area contributed by atoms with Gasteiger partial charge in [0.1, 0.15) is 5.60 Å². The summed E-state index contributed by atoms with van der Waals surface area (Å²) in [6.07, 6.45) is 2.25. The highest BCUT2D eigenvalue weighted by Crippen LogP contribution is 2.22. The van der Waals surface area contributed by atoms with Crippen LogP contribution in [0.15, 0.2) is 0 Å². The first-order valence-corrected chi connectivity index (χ1v) is 7.79. The van der Waals surface area contributed by atoms with Crippen LogP contribution in [-0.4, -0.2) is 54.5 Å². The molecular formula is C16H32N2O3. The second kappa shape index (κ2) is 6.97. The summed E-state index contributed by atoms with van der Waals surface area (Å²) in [5.74, 6) is 0. The molecule has 5 heteroatoms. The molecule has 21 heavy (non-hydrogen) atoms. The molecule has 0 radical (unpaired) electrons. The van der Waals surface area contributed by atoms with Crippen LogP contribution in [-0.2, 0) is 9.47 Å². The molecule has 124 valence electrons. The van der Waals surface area contributed by atoms with Gasteiger partial charge in [0.05, 0.1) is 6.10 Å². The Kier molecular flexibility index (Phi) is 6.05. The number of carbonyl (C=O) groups is 1. The molecule has 1 rings (SSSR count). The Balaban J connectivity index is 2.42. The van der Waals surface area contributed by atoms with Crippen molar-refractivity contribution in [3.8, 4) is 0 Å². The molecule has 0 heterocycles. The van der Waals surface area contributed by atoms with Gasteiger partial charge in [0.2, 0.25) is 0 Å². The van der Waals surface area contributed by atoms with Crippen molar-refractivity contribution in [1.82, 2.24) is 10.2 Å². The van der Waals surface area contributed by atoms with Gasteiger partial charge in [-0.1, -0.05) is 0 Å². The standard InChI is InChI=1S/C16H32N2O3/c1-15(2,3)18(14(19)21-16(4,5)6)9-8-17-12-10-13(11-12)20-7/h12-13,17H,8-11H2,1-7H3. The maximum Gasteiger partial charge on any atom is 0.410 e. The second-order valence-corrected chi connectivity index (χ2v) is 7.78. The zero-order valence-electron chi connectivity index (χ0n) is 14.7. The molecule has 0 aliphatic heterocycles. The molecule has 1 amide bonds. The normalized spacial score (nSPS) is 22.6. The van der Waals surface area contributed by atoms with Crippen LogP contribution >= 0.6 is 0 Å². The lowest BCUT2D eigenvalue weighted by molar-refractivity contribution is 0.00211. The van der Waals surface area contributed by atoms with Gasteiger partial charge in [-0.2, -0.15) is 0 Å². The van der Waals surface area contributed by atoms with Crippen LogP contribution in [0.3, 0.4) is 0 Å². The smallest absolute Gasteiger partial charge is 0.410 e. The molecule has 0 bridgehead atoms. The van der Waals surface area contributed by atoms with E-state index in [1.807, 2.05) is 41.5 Å². The van der Waals surface area contributed by atoms with Gasteiger partial charge in [0.25, 0.3) is 0 Å². The quantitative estimate of drug-likeness (QED) is 0.848. The average Bonchev–Trinajstić information content (AvgIpc) is 2.21.